The van der Waals surface area contributed by atoms with E-state index in [1.807, 2.05) is 55.5 Å². The molecule has 1 saturated heterocycles. The van der Waals surface area contributed by atoms with E-state index in [9.17, 15) is 9.59 Å². The molecule has 4 rings (SSSR count). The Bertz CT molecular complexity index is 1260. The van der Waals surface area contributed by atoms with Gasteiger partial charge in [0.2, 0.25) is 0 Å². The van der Waals surface area contributed by atoms with E-state index < -0.39 is 11.8 Å². The highest BCUT2D eigenvalue weighted by Gasteiger charge is 2.40. The Labute approximate surface area is 198 Å². The quantitative estimate of drug-likeness (QED) is 0.300. The Morgan fingerprint density at radius 3 is 2.33 bits per heavy atom. The molecule has 3 aromatic carbocycles. The molecular weight excluding hydrogens is 436 g/mol. The van der Waals surface area contributed by atoms with Crippen LogP contribution >= 0.6 is 12.2 Å². The lowest BCUT2D eigenvalue weighted by Gasteiger charge is -2.36. The first-order valence-corrected chi connectivity index (χ1v) is 11.0. The molecule has 0 saturated carbocycles. The number of methoxy groups -OCH3 is 2. The number of thiocarbonyl (C=S) groups is 1. The van der Waals surface area contributed by atoms with Gasteiger partial charge in [0.15, 0.2) is 5.11 Å². The van der Waals surface area contributed by atoms with Gasteiger partial charge in [-0.05, 0) is 65.8 Å². The van der Waals surface area contributed by atoms with Gasteiger partial charge in [0.25, 0.3) is 11.8 Å². The number of amides is 2. The zero-order valence-corrected chi connectivity index (χ0v) is 19.5. The van der Waals surface area contributed by atoms with Crippen LogP contribution in [-0.2, 0) is 9.59 Å². The fraction of sp³-hybridized carbons (Fsp3) is 0.192. The summed E-state index contributed by atoms with van der Waals surface area (Å²) in [6.07, 6.45) is 2.30. The maximum atomic E-state index is 13.6. The third-order valence-corrected chi connectivity index (χ3v) is 5.93. The van der Waals surface area contributed by atoms with E-state index in [1.54, 1.807) is 32.4 Å². The molecule has 0 spiro atoms. The summed E-state index contributed by atoms with van der Waals surface area (Å²) < 4.78 is 11.0. The molecule has 3 aromatic rings. The van der Waals surface area contributed by atoms with Gasteiger partial charge in [-0.25, -0.2) is 0 Å². The summed E-state index contributed by atoms with van der Waals surface area (Å²) in [6.45, 7) is 2.37. The topological polar surface area (TPSA) is 59.1 Å². The molecule has 0 bridgehead atoms. The van der Waals surface area contributed by atoms with Crippen molar-refractivity contribution < 1.29 is 19.1 Å². The van der Waals surface area contributed by atoms with Crippen LogP contribution in [0.3, 0.4) is 0 Å². The van der Waals surface area contributed by atoms with Crippen molar-refractivity contribution in [2.75, 3.05) is 25.7 Å². The van der Waals surface area contributed by atoms with Crippen molar-refractivity contribution in [3.8, 4) is 11.5 Å². The Morgan fingerprint density at radius 2 is 1.67 bits per heavy atom. The summed E-state index contributed by atoms with van der Waals surface area (Å²) in [4.78, 5) is 29.9. The average Bonchev–Trinajstić information content (AvgIpc) is 2.84. The molecule has 1 heterocycles. The average molecular weight is 461 g/mol. The maximum absolute atomic E-state index is 13.6. The van der Waals surface area contributed by atoms with Crippen molar-refractivity contribution in [1.82, 2.24) is 4.90 Å². The lowest BCUT2D eigenvalue weighted by Crippen LogP contribution is -2.56. The van der Waals surface area contributed by atoms with E-state index in [-0.39, 0.29) is 10.7 Å². The van der Waals surface area contributed by atoms with Gasteiger partial charge in [-0.3, -0.25) is 19.4 Å². The van der Waals surface area contributed by atoms with E-state index in [1.165, 1.54) is 9.80 Å². The Balaban J connectivity index is 1.93. The minimum absolute atomic E-state index is 0.0227. The van der Waals surface area contributed by atoms with Crippen LogP contribution in [0.25, 0.3) is 16.8 Å². The number of para-hydroxylation sites is 1. The molecule has 0 N–H and O–H groups in total. The minimum atomic E-state index is -0.467. The van der Waals surface area contributed by atoms with Crippen molar-refractivity contribution in [2.45, 2.75) is 13.3 Å². The van der Waals surface area contributed by atoms with E-state index in [4.69, 9.17) is 21.7 Å². The number of carbonyl (C=O) groups excluding carboxylic acids is 2. The van der Waals surface area contributed by atoms with Crippen LogP contribution in [0.2, 0.25) is 0 Å². The van der Waals surface area contributed by atoms with Crippen LogP contribution in [0.15, 0.2) is 66.2 Å². The molecule has 0 aromatic heterocycles. The monoisotopic (exact) mass is 460 g/mol. The fourth-order valence-corrected chi connectivity index (χ4v) is 4.26. The number of hydrogen-bond donors (Lipinski definition) is 0. The maximum Gasteiger partial charge on any atom is 0.270 e. The zero-order valence-electron chi connectivity index (χ0n) is 18.7. The van der Waals surface area contributed by atoms with Crippen molar-refractivity contribution in [1.29, 1.82) is 0 Å². The number of benzene rings is 3. The fourth-order valence-electron chi connectivity index (χ4n) is 3.90. The Kier molecular flexibility index (Phi) is 6.42. The van der Waals surface area contributed by atoms with Crippen LogP contribution in [-0.4, -0.2) is 42.6 Å². The number of anilines is 1. The number of rotatable bonds is 6. The van der Waals surface area contributed by atoms with E-state index >= 15 is 0 Å². The standard InChI is InChI=1S/C26H24N2O4S/c1-4-14-27-24(29)22(25(30)28(26(27)33)18-8-6-5-7-9-18)16-21-20-15-19(31-2)12-10-17(20)11-13-23(21)32-3/h5-13,15-16H,4,14H2,1-3H3/b22-16+. The van der Waals surface area contributed by atoms with Gasteiger partial charge in [-0.2, -0.15) is 0 Å². The van der Waals surface area contributed by atoms with Crippen LogP contribution in [0.5, 0.6) is 11.5 Å². The molecule has 33 heavy (non-hydrogen) atoms. The highest BCUT2D eigenvalue weighted by molar-refractivity contribution is 7.80. The highest BCUT2D eigenvalue weighted by atomic mass is 32.1. The first-order chi connectivity index (χ1) is 16.0. The van der Waals surface area contributed by atoms with Crippen molar-refractivity contribution in [2.24, 2.45) is 0 Å². The molecule has 168 valence electrons. The normalized spacial score (nSPS) is 15.5. The third-order valence-electron chi connectivity index (χ3n) is 5.53. The molecular formula is C26H24N2O4S. The second-order valence-electron chi connectivity index (χ2n) is 7.54. The summed E-state index contributed by atoms with van der Waals surface area (Å²) in [7, 11) is 3.15. The number of carbonyl (C=O) groups is 2. The van der Waals surface area contributed by atoms with Crippen LogP contribution in [0.1, 0.15) is 18.9 Å². The van der Waals surface area contributed by atoms with Gasteiger partial charge in [-0.1, -0.05) is 37.3 Å². The lowest BCUT2D eigenvalue weighted by molar-refractivity contribution is -0.127. The largest absolute Gasteiger partial charge is 0.497 e. The van der Waals surface area contributed by atoms with Crippen molar-refractivity contribution >= 4 is 51.7 Å². The summed E-state index contributed by atoms with van der Waals surface area (Å²) >= 11 is 5.57. The van der Waals surface area contributed by atoms with Gasteiger partial charge < -0.3 is 9.47 Å². The SMILES string of the molecule is CCCN1C(=O)/C(=C\c2c(OC)ccc3ccc(OC)cc23)C(=O)N(c2ccccc2)C1=S. The molecule has 1 aliphatic rings. The summed E-state index contributed by atoms with van der Waals surface area (Å²) in [5, 5.41) is 1.92. The molecule has 0 aliphatic carbocycles. The predicted octanol–water partition coefficient (Wildman–Crippen LogP) is 4.81. The number of ether oxygens (including phenoxy) is 2. The summed E-state index contributed by atoms with van der Waals surface area (Å²) in [5.74, 6) is 0.327. The van der Waals surface area contributed by atoms with Crippen molar-refractivity contribution in [3.05, 3.63) is 71.8 Å². The van der Waals surface area contributed by atoms with Gasteiger partial charge >= 0.3 is 0 Å². The molecule has 1 aliphatic heterocycles. The minimum Gasteiger partial charge on any atom is -0.497 e. The number of nitrogens with zero attached hydrogens (tertiary/aromatic N) is 2. The van der Waals surface area contributed by atoms with Gasteiger partial charge in [0.1, 0.15) is 17.1 Å². The van der Waals surface area contributed by atoms with E-state index in [0.717, 1.165) is 10.8 Å². The first-order valence-electron chi connectivity index (χ1n) is 10.6. The zero-order chi connectivity index (χ0) is 23.5. The van der Waals surface area contributed by atoms with E-state index in [2.05, 4.69) is 0 Å². The van der Waals surface area contributed by atoms with Crippen LogP contribution in [0.4, 0.5) is 5.69 Å². The van der Waals surface area contributed by atoms with Crippen LogP contribution in [0, 0.1) is 0 Å². The highest BCUT2D eigenvalue weighted by Crippen LogP contribution is 2.34. The second-order valence-corrected chi connectivity index (χ2v) is 7.91. The molecule has 1 fully saturated rings. The predicted molar refractivity (Wildman–Crippen MR) is 134 cm³/mol. The summed E-state index contributed by atoms with van der Waals surface area (Å²) in [5.41, 5.74) is 1.26. The Hall–Kier alpha value is -3.71. The third kappa shape index (κ3) is 4.07. The number of fused-ring (bicyclic) bond motifs is 1. The van der Waals surface area contributed by atoms with Crippen molar-refractivity contribution in [3.63, 3.8) is 0 Å². The molecule has 7 heteroatoms. The molecule has 6 nitrogen and oxygen atoms in total. The number of hydrogen-bond acceptors (Lipinski definition) is 5. The molecule has 0 unspecified atom stereocenters. The molecule has 0 radical (unpaired) electrons. The first kappa shape index (κ1) is 22.5. The molecule has 0 atom stereocenters. The lowest BCUT2D eigenvalue weighted by atomic mass is 9.99. The molecule has 2 amide bonds. The smallest absolute Gasteiger partial charge is 0.270 e. The van der Waals surface area contributed by atoms with Crippen LogP contribution < -0.4 is 14.4 Å². The van der Waals surface area contributed by atoms with Gasteiger partial charge in [0.05, 0.1) is 19.9 Å². The Morgan fingerprint density at radius 1 is 0.939 bits per heavy atom. The van der Waals surface area contributed by atoms with Gasteiger partial charge in [-0.15, -0.1) is 0 Å². The summed E-state index contributed by atoms with van der Waals surface area (Å²) in [6, 6.07) is 18.5. The van der Waals surface area contributed by atoms with Gasteiger partial charge in [0, 0.05) is 12.1 Å². The van der Waals surface area contributed by atoms with E-state index in [0.29, 0.717) is 35.7 Å². The second kappa shape index (κ2) is 9.42.